The van der Waals surface area contributed by atoms with E-state index in [0.29, 0.717) is 0 Å². The van der Waals surface area contributed by atoms with Gasteiger partial charge in [0.1, 0.15) is 0 Å². The van der Waals surface area contributed by atoms with Crippen LogP contribution in [0.5, 0.6) is 0 Å². The molecule has 0 unspecified atom stereocenters. The van der Waals surface area contributed by atoms with E-state index in [1.807, 2.05) is 0 Å². The molecule has 6 heteroatoms. The van der Waals surface area contributed by atoms with Crippen molar-refractivity contribution in [2.24, 2.45) is 0 Å². The van der Waals surface area contributed by atoms with Crippen LogP contribution < -0.4 is 0 Å². The first-order valence-electron chi connectivity index (χ1n) is 4.87. The van der Waals surface area contributed by atoms with Crippen molar-refractivity contribution in [2.45, 2.75) is 19.5 Å². The summed E-state index contributed by atoms with van der Waals surface area (Å²) >= 11 is 0. The van der Waals surface area contributed by atoms with Crippen LogP contribution in [0.3, 0.4) is 0 Å². The fraction of sp³-hybridized carbons (Fsp3) is 0.273. The summed E-state index contributed by atoms with van der Waals surface area (Å²) in [4.78, 5) is 9.93. The average Bonchev–Trinajstić information content (AvgIpc) is 2.24. The molecule has 0 N–H and O–H groups in total. The number of hydrogen-bond acceptors (Lipinski definition) is 2. The quantitative estimate of drug-likeness (QED) is 0.601. The van der Waals surface area contributed by atoms with Gasteiger partial charge in [0.2, 0.25) is 5.70 Å². The Bertz CT molecular complexity index is 452. The van der Waals surface area contributed by atoms with E-state index in [2.05, 4.69) is 0 Å². The normalized spacial score (nSPS) is 12.6. The van der Waals surface area contributed by atoms with Crippen molar-refractivity contribution < 1.29 is 18.1 Å². The Morgan fingerprint density at radius 3 is 2.59 bits per heavy atom. The number of rotatable bonds is 3. The molecule has 0 bridgehead atoms. The van der Waals surface area contributed by atoms with E-state index in [9.17, 15) is 23.3 Å². The maximum atomic E-state index is 12.4. The Morgan fingerprint density at radius 2 is 2.12 bits per heavy atom. The number of halogens is 3. The highest BCUT2D eigenvalue weighted by Crippen LogP contribution is 2.30. The van der Waals surface area contributed by atoms with Crippen molar-refractivity contribution in [1.82, 2.24) is 0 Å². The van der Waals surface area contributed by atoms with Gasteiger partial charge in [-0.2, -0.15) is 13.2 Å². The lowest BCUT2D eigenvalue weighted by Gasteiger charge is -2.06. The summed E-state index contributed by atoms with van der Waals surface area (Å²) in [6.45, 7) is 1.57. The van der Waals surface area contributed by atoms with Crippen molar-refractivity contribution >= 4 is 6.08 Å². The van der Waals surface area contributed by atoms with E-state index in [-0.39, 0.29) is 17.7 Å². The maximum Gasteiger partial charge on any atom is 0.416 e. The molecule has 92 valence electrons. The van der Waals surface area contributed by atoms with Gasteiger partial charge in [0.05, 0.1) is 10.5 Å². The first kappa shape index (κ1) is 13.2. The largest absolute Gasteiger partial charge is 0.416 e. The summed E-state index contributed by atoms with van der Waals surface area (Å²) in [5, 5.41) is 10.5. The zero-order valence-corrected chi connectivity index (χ0v) is 8.99. The van der Waals surface area contributed by atoms with Gasteiger partial charge in [0.15, 0.2) is 0 Å². The van der Waals surface area contributed by atoms with Gasteiger partial charge in [-0.1, -0.05) is 19.1 Å². The molecule has 0 saturated carbocycles. The van der Waals surface area contributed by atoms with E-state index < -0.39 is 16.7 Å². The SMILES string of the molecule is CCC(=Cc1cccc(C(F)(F)F)c1)[N+](=O)[O-]. The third kappa shape index (κ3) is 3.58. The van der Waals surface area contributed by atoms with E-state index in [0.717, 1.165) is 18.2 Å². The van der Waals surface area contributed by atoms with E-state index in [4.69, 9.17) is 0 Å². The highest BCUT2D eigenvalue weighted by Gasteiger charge is 2.30. The van der Waals surface area contributed by atoms with Gasteiger partial charge in [0.25, 0.3) is 0 Å². The van der Waals surface area contributed by atoms with Gasteiger partial charge in [-0.3, -0.25) is 10.1 Å². The molecule has 1 aromatic rings. The number of benzene rings is 1. The van der Waals surface area contributed by atoms with Crippen LogP contribution in [-0.2, 0) is 6.18 Å². The maximum absolute atomic E-state index is 12.4. The lowest BCUT2D eigenvalue weighted by atomic mass is 10.1. The molecule has 0 aromatic heterocycles. The third-order valence-corrected chi connectivity index (χ3v) is 2.14. The molecular weight excluding hydrogens is 235 g/mol. The topological polar surface area (TPSA) is 43.1 Å². The number of nitro groups is 1. The summed E-state index contributed by atoms with van der Waals surface area (Å²) < 4.78 is 37.2. The first-order valence-corrected chi connectivity index (χ1v) is 4.87. The van der Waals surface area contributed by atoms with Crippen LogP contribution in [-0.4, -0.2) is 4.92 Å². The highest BCUT2D eigenvalue weighted by molar-refractivity contribution is 5.52. The standard InChI is InChI=1S/C11H10F3NO2/c1-2-10(15(16)17)7-8-4-3-5-9(6-8)11(12,13)14/h3-7H,2H2,1H3. The molecule has 0 saturated heterocycles. The molecule has 0 aliphatic rings. The molecule has 0 aliphatic carbocycles. The van der Waals surface area contributed by atoms with Gasteiger partial charge >= 0.3 is 6.18 Å². The van der Waals surface area contributed by atoms with Crippen molar-refractivity contribution in [3.05, 3.63) is 51.2 Å². The van der Waals surface area contributed by atoms with Gasteiger partial charge in [-0.15, -0.1) is 0 Å². The fourth-order valence-electron chi connectivity index (χ4n) is 1.28. The Hall–Kier alpha value is -1.85. The van der Waals surface area contributed by atoms with Crippen molar-refractivity contribution in [3.8, 4) is 0 Å². The smallest absolute Gasteiger partial charge is 0.259 e. The number of hydrogen-bond donors (Lipinski definition) is 0. The van der Waals surface area contributed by atoms with Crippen LogP contribution in [0.25, 0.3) is 6.08 Å². The predicted octanol–water partition coefficient (Wildman–Crippen LogP) is 3.73. The molecule has 0 heterocycles. The van der Waals surface area contributed by atoms with Gasteiger partial charge in [0, 0.05) is 12.5 Å². The fourth-order valence-corrected chi connectivity index (χ4v) is 1.28. The lowest BCUT2D eigenvalue weighted by molar-refractivity contribution is -0.425. The monoisotopic (exact) mass is 245 g/mol. The van der Waals surface area contributed by atoms with E-state index >= 15 is 0 Å². The number of alkyl halides is 3. The molecule has 0 fully saturated rings. The molecule has 3 nitrogen and oxygen atoms in total. The van der Waals surface area contributed by atoms with Gasteiger partial charge in [-0.05, 0) is 17.7 Å². The Labute approximate surface area is 95.7 Å². The van der Waals surface area contributed by atoms with Crippen LogP contribution in [0.15, 0.2) is 30.0 Å². The molecular formula is C11H10F3NO2. The van der Waals surface area contributed by atoms with Crippen LogP contribution in [0.2, 0.25) is 0 Å². The second-order valence-corrected chi connectivity index (χ2v) is 3.37. The summed E-state index contributed by atoms with van der Waals surface area (Å²) in [5.74, 6) is 0. The van der Waals surface area contributed by atoms with Crippen LogP contribution >= 0.6 is 0 Å². The molecule has 0 spiro atoms. The van der Waals surface area contributed by atoms with E-state index in [1.165, 1.54) is 12.1 Å². The summed E-state index contributed by atoms with van der Waals surface area (Å²) in [6, 6.07) is 4.44. The predicted molar refractivity (Wildman–Crippen MR) is 56.7 cm³/mol. The van der Waals surface area contributed by atoms with Crippen molar-refractivity contribution in [3.63, 3.8) is 0 Å². The van der Waals surface area contributed by atoms with E-state index in [1.54, 1.807) is 6.92 Å². The minimum Gasteiger partial charge on any atom is -0.259 e. The zero-order valence-electron chi connectivity index (χ0n) is 8.99. The Balaban J connectivity index is 3.12. The summed E-state index contributed by atoms with van der Waals surface area (Å²) in [7, 11) is 0. The Kier molecular flexibility index (Phi) is 3.88. The minimum atomic E-state index is -4.44. The Morgan fingerprint density at radius 1 is 1.47 bits per heavy atom. The van der Waals surface area contributed by atoms with Crippen molar-refractivity contribution in [2.75, 3.05) is 0 Å². The molecule has 0 atom stereocenters. The van der Waals surface area contributed by atoms with Crippen LogP contribution in [0.4, 0.5) is 13.2 Å². The van der Waals surface area contributed by atoms with Crippen LogP contribution in [0.1, 0.15) is 24.5 Å². The van der Waals surface area contributed by atoms with Crippen LogP contribution in [0, 0.1) is 10.1 Å². The first-order chi connectivity index (χ1) is 7.84. The molecule has 17 heavy (non-hydrogen) atoms. The molecule has 0 aliphatic heterocycles. The number of nitrogens with zero attached hydrogens (tertiary/aromatic N) is 1. The summed E-state index contributed by atoms with van der Waals surface area (Å²) in [6.07, 6.45) is -3.14. The highest BCUT2D eigenvalue weighted by atomic mass is 19.4. The second kappa shape index (κ2) is 4.99. The van der Waals surface area contributed by atoms with Gasteiger partial charge < -0.3 is 0 Å². The molecule has 0 radical (unpaired) electrons. The lowest BCUT2D eigenvalue weighted by Crippen LogP contribution is -2.04. The third-order valence-electron chi connectivity index (χ3n) is 2.14. The average molecular weight is 245 g/mol. The molecule has 1 rings (SSSR count). The van der Waals surface area contributed by atoms with Crippen molar-refractivity contribution in [1.29, 1.82) is 0 Å². The zero-order chi connectivity index (χ0) is 13.1. The second-order valence-electron chi connectivity index (χ2n) is 3.37. The molecule has 1 aromatic carbocycles. The van der Waals surface area contributed by atoms with Gasteiger partial charge in [-0.25, -0.2) is 0 Å². The minimum absolute atomic E-state index is 0.121. The molecule has 0 amide bonds. The number of allylic oxidation sites excluding steroid dienone is 1. The summed E-state index contributed by atoms with van der Waals surface area (Å²) in [5.41, 5.74) is -0.761.